The van der Waals surface area contributed by atoms with E-state index in [9.17, 15) is 0 Å². The van der Waals surface area contributed by atoms with Gasteiger partial charge in [-0.25, -0.2) is 4.98 Å². The Labute approximate surface area is 108 Å². The van der Waals surface area contributed by atoms with Crippen molar-refractivity contribution in [1.82, 2.24) is 15.1 Å². The monoisotopic (exact) mass is 266 g/mol. The van der Waals surface area contributed by atoms with E-state index >= 15 is 0 Å². The Kier molecular flexibility index (Phi) is 2.89. The molecule has 2 aromatic heterocycles. The van der Waals surface area contributed by atoms with Gasteiger partial charge in [0.1, 0.15) is 16.3 Å². The molecule has 18 heavy (non-hydrogen) atoms. The highest BCUT2D eigenvalue weighted by Gasteiger charge is 2.36. The second-order valence-corrected chi connectivity index (χ2v) is 5.38. The topological polar surface area (TPSA) is 87.1 Å². The van der Waals surface area contributed by atoms with Crippen LogP contribution in [-0.2, 0) is 16.9 Å². The summed E-state index contributed by atoms with van der Waals surface area (Å²) in [5.41, 5.74) is 5.79. The van der Waals surface area contributed by atoms with Gasteiger partial charge >= 0.3 is 0 Å². The largest absolute Gasteiger partial charge is 0.367 e. The van der Waals surface area contributed by atoms with Crippen molar-refractivity contribution in [3.05, 3.63) is 16.2 Å². The van der Waals surface area contributed by atoms with E-state index in [-0.39, 0.29) is 0 Å². The number of ether oxygens (including phenoxy) is 1. The Hall–Kier alpha value is -1.31. The predicted molar refractivity (Wildman–Crippen MR) is 65.8 cm³/mol. The number of thiazole rings is 1. The van der Waals surface area contributed by atoms with E-state index in [1.165, 1.54) is 11.3 Å². The van der Waals surface area contributed by atoms with E-state index in [2.05, 4.69) is 15.1 Å². The van der Waals surface area contributed by atoms with E-state index in [4.69, 9.17) is 15.0 Å². The molecule has 0 aliphatic carbocycles. The molecular formula is C11H14N4O2S. The van der Waals surface area contributed by atoms with Crippen molar-refractivity contribution in [2.24, 2.45) is 5.73 Å². The number of nitrogens with two attached hydrogens (primary N) is 1. The normalized spacial score (nSPS) is 23.7. The van der Waals surface area contributed by atoms with Gasteiger partial charge < -0.3 is 15.0 Å². The Morgan fingerprint density at radius 1 is 1.50 bits per heavy atom. The molecule has 3 heterocycles. The Morgan fingerprint density at radius 3 is 3.06 bits per heavy atom. The standard InChI is InChI=1S/C11H14N4O2S/c1-11(3-2-4-16-11)10-14-9(17-15-10)7-6-18-8(5-12)13-7/h6H,2-5,12H2,1H3. The maximum atomic E-state index is 5.68. The highest BCUT2D eigenvalue weighted by Crippen LogP contribution is 2.34. The van der Waals surface area contributed by atoms with E-state index in [1.807, 2.05) is 12.3 Å². The third kappa shape index (κ3) is 1.94. The lowest BCUT2D eigenvalue weighted by molar-refractivity contribution is 0.00768. The molecule has 2 N–H and O–H groups in total. The van der Waals surface area contributed by atoms with Crippen LogP contribution in [0.4, 0.5) is 0 Å². The van der Waals surface area contributed by atoms with E-state index in [0.717, 1.165) is 24.5 Å². The van der Waals surface area contributed by atoms with Gasteiger partial charge in [0.05, 0.1) is 0 Å². The zero-order valence-electron chi connectivity index (χ0n) is 10.0. The van der Waals surface area contributed by atoms with Crippen LogP contribution in [0.5, 0.6) is 0 Å². The zero-order chi connectivity index (χ0) is 12.6. The molecule has 3 rings (SSSR count). The van der Waals surface area contributed by atoms with Crippen LogP contribution >= 0.6 is 11.3 Å². The van der Waals surface area contributed by atoms with Crippen LogP contribution < -0.4 is 5.73 Å². The number of rotatable bonds is 3. The minimum absolute atomic E-state index is 0.422. The quantitative estimate of drug-likeness (QED) is 0.909. The van der Waals surface area contributed by atoms with Crippen molar-refractivity contribution >= 4 is 11.3 Å². The molecule has 7 heteroatoms. The van der Waals surface area contributed by atoms with Gasteiger partial charge in [0.15, 0.2) is 0 Å². The zero-order valence-corrected chi connectivity index (χ0v) is 10.9. The summed E-state index contributed by atoms with van der Waals surface area (Å²) in [7, 11) is 0. The lowest BCUT2D eigenvalue weighted by atomic mass is 10.0. The van der Waals surface area contributed by atoms with Crippen molar-refractivity contribution in [3.8, 4) is 11.6 Å². The van der Waals surface area contributed by atoms with Crippen molar-refractivity contribution in [2.75, 3.05) is 6.61 Å². The minimum atomic E-state index is -0.422. The summed E-state index contributed by atoms with van der Waals surface area (Å²) >= 11 is 1.49. The fraction of sp³-hybridized carbons (Fsp3) is 0.545. The second-order valence-electron chi connectivity index (χ2n) is 4.44. The Bertz CT molecular complexity index is 545. The van der Waals surface area contributed by atoms with Crippen molar-refractivity contribution in [2.45, 2.75) is 31.9 Å². The van der Waals surface area contributed by atoms with Gasteiger partial charge in [-0.15, -0.1) is 11.3 Å². The number of hydrogen-bond donors (Lipinski definition) is 1. The molecule has 0 aromatic carbocycles. The molecule has 1 aliphatic rings. The molecule has 1 aliphatic heterocycles. The smallest absolute Gasteiger partial charge is 0.277 e. The summed E-state index contributed by atoms with van der Waals surface area (Å²) < 4.78 is 10.9. The molecule has 6 nitrogen and oxygen atoms in total. The van der Waals surface area contributed by atoms with E-state index in [1.54, 1.807) is 0 Å². The average molecular weight is 266 g/mol. The van der Waals surface area contributed by atoms with Crippen LogP contribution in [0.25, 0.3) is 11.6 Å². The van der Waals surface area contributed by atoms with Crippen molar-refractivity contribution < 1.29 is 9.26 Å². The molecule has 0 radical (unpaired) electrons. The van der Waals surface area contributed by atoms with Gasteiger partial charge in [-0.1, -0.05) is 5.16 Å². The number of hydrogen-bond acceptors (Lipinski definition) is 7. The van der Waals surface area contributed by atoms with Crippen LogP contribution in [0.2, 0.25) is 0 Å². The fourth-order valence-corrected chi connectivity index (χ4v) is 2.65. The minimum Gasteiger partial charge on any atom is -0.367 e. The molecule has 0 saturated carbocycles. The molecule has 0 amide bonds. The van der Waals surface area contributed by atoms with Gasteiger partial charge in [-0.2, -0.15) is 4.98 Å². The van der Waals surface area contributed by atoms with Gasteiger partial charge in [0.25, 0.3) is 5.89 Å². The molecule has 0 bridgehead atoms. The summed E-state index contributed by atoms with van der Waals surface area (Å²) in [5.74, 6) is 1.02. The lowest BCUT2D eigenvalue weighted by Crippen LogP contribution is -2.21. The SMILES string of the molecule is CC1(c2noc(-c3csc(CN)n3)n2)CCCO1. The first-order valence-electron chi connectivity index (χ1n) is 5.84. The van der Waals surface area contributed by atoms with Crippen molar-refractivity contribution in [1.29, 1.82) is 0 Å². The molecule has 1 saturated heterocycles. The van der Waals surface area contributed by atoms with Crippen LogP contribution in [0, 0.1) is 0 Å². The highest BCUT2D eigenvalue weighted by molar-refractivity contribution is 7.09. The van der Waals surface area contributed by atoms with Crippen LogP contribution in [-0.4, -0.2) is 21.7 Å². The first-order chi connectivity index (χ1) is 8.71. The number of nitrogens with zero attached hydrogens (tertiary/aromatic N) is 3. The van der Waals surface area contributed by atoms with Gasteiger partial charge in [0.2, 0.25) is 5.82 Å². The summed E-state index contributed by atoms with van der Waals surface area (Å²) in [5, 5.41) is 6.73. The first kappa shape index (κ1) is 11.8. The van der Waals surface area contributed by atoms with Gasteiger partial charge in [0, 0.05) is 18.5 Å². The first-order valence-corrected chi connectivity index (χ1v) is 6.72. The van der Waals surface area contributed by atoms with Gasteiger partial charge in [-0.3, -0.25) is 0 Å². The maximum absolute atomic E-state index is 5.68. The summed E-state index contributed by atoms with van der Waals surface area (Å²) in [6, 6.07) is 0. The van der Waals surface area contributed by atoms with E-state index < -0.39 is 5.60 Å². The average Bonchev–Trinajstić information content (AvgIpc) is 3.08. The maximum Gasteiger partial charge on any atom is 0.277 e. The summed E-state index contributed by atoms with van der Waals surface area (Å²) in [4.78, 5) is 8.70. The van der Waals surface area contributed by atoms with Crippen LogP contribution in [0.1, 0.15) is 30.6 Å². The second kappa shape index (κ2) is 4.42. The third-order valence-corrected chi connectivity index (χ3v) is 3.93. The highest BCUT2D eigenvalue weighted by atomic mass is 32.1. The van der Waals surface area contributed by atoms with Crippen LogP contribution in [0.15, 0.2) is 9.90 Å². The molecule has 0 spiro atoms. The third-order valence-electron chi connectivity index (χ3n) is 3.06. The summed E-state index contributed by atoms with van der Waals surface area (Å²) in [6.07, 6.45) is 1.94. The lowest BCUT2D eigenvalue weighted by Gasteiger charge is -2.17. The Morgan fingerprint density at radius 2 is 2.39 bits per heavy atom. The molecule has 1 unspecified atom stereocenters. The number of aromatic nitrogens is 3. The predicted octanol–water partition coefficient (Wildman–Crippen LogP) is 1.68. The Balaban J connectivity index is 1.89. The van der Waals surface area contributed by atoms with Crippen molar-refractivity contribution in [3.63, 3.8) is 0 Å². The van der Waals surface area contributed by atoms with Gasteiger partial charge in [-0.05, 0) is 19.8 Å². The molecule has 2 aromatic rings. The van der Waals surface area contributed by atoms with E-state index in [0.29, 0.717) is 24.0 Å². The molecular weight excluding hydrogens is 252 g/mol. The summed E-state index contributed by atoms with van der Waals surface area (Å²) in [6.45, 7) is 3.15. The fourth-order valence-electron chi connectivity index (χ4n) is 2.00. The molecule has 96 valence electrons. The van der Waals surface area contributed by atoms with Crippen LogP contribution in [0.3, 0.4) is 0 Å². The molecule has 1 fully saturated rings. The molecule has 1 atom stereocenters.